The first-order chi connectivity index (χ1) is 9.47. The lowest BCUT2D eigenvalue weighted by Gasteiger charge is -2.57. The fraction of sp³-hybridized carbons (Fsp3) is 1.00. The van der Waals surface area contributed by atoms with E-state index >= 15 is 0 Å². The molecule has 0 aromatic heterocycles. The van der Waals surface area contributed by atoms with Crippen molar-refractivity contribution in [3.63, 3.8) is 0 Å². The molecule has 0 saturated carbocycles. The van der Waals surface area contributed by atoms with Crippen LogP contribution in [0.25, 0.3) is 0 Å². The maximum Gasteiger partial charge on any atom is 0.0472 e. The maximum atomic E-state index is 6.31. The molecule has 0 bridgehead atoms. The van der Waals surface area contributed by atoms with Crippen LogP contribution >= 0.6 is 11.8 Å². The van der Waals surface area contributed by atoms with Gasteiger partial charge in [-0.05, 0) is 57.1 Å². The van der Waals surface area contributed by atoms with E-state index in [4.69, 9.17) is 5.73 Å². The number of likely N-dealkylation sites (N-methyl/N-ethyl adjacent to an activating group) is 1. The highest BCUT2D eigenvalue weighted by molar-refractivity contribution is 7.99. The Morgan fingerprint density at radius 3 is 2.45 bits per heavy atom. The third-order valence-electron chi connectivity index (χ3n) is 6.04. The number of hydrogen-bond acceptors (Lipinski definition) is 4. The van der Waals surface area contributed by atoms with Crippen molar-refractivity contribution in [2.45, 2.75) is 51.6 Å². The first-order valence-electron chi connectivity index (χ1n) is 8.20. The summed E-state index contributed by atoms with van der Waals surface area (Å²) in [6, 6.07) is 0.708. The minimum Gasteiger partial charge on any atom is -0.329 e. The average molecular weight is 300 g/mol. The molecule has 2 aliphatic rings. The highest BCUT2D eigenvalue weighted by Crippen LogP contribution is 2.46. The zero-order chi connectivity index (χ0) is 14.8. The first-order valence-corrected chi connectivity index (χ1v) is 9.35. The van der Waals surface area contributed by atoms with Crippen molar-refractivity contribution in [3.05, 3.63) is 0 Å². The largest absolute Gasteiger partial charge is 0.329 e. The molecule has 0 radical (unpaired) electrons. The van der Waals surface area contributed by atoms with E-state index in [0.717, 1.165) is 6.54 Å². The number of hydrogen-bond donors (Lipinski definition) is 1. The average Bonchev–Trinajstić information content (AvgIpc) is 2.46. The van der Waals surface area contributed by atoms with Crippen molar-refractivity contribution in [2.75, 3.05) is 44.7 Å². The molecule has 2 heterocycles. The van der Waals surface area contributed by atoms with Crippen LogP contribution in [0.3, 0.4) is 0 Å². The van der Waals surface area contributed by atoms with Crippen molar-refractivity contribution < 1.29 is 0 Å². The molecule has 2 N–H and O–H groups in total. The van der Waals surface area contributed by atoms with E-state index < -0.39 is 0 Å². The van der Waals surface area contributed by atoms with Gasteiger partial charge in [0, 0.05) is 23.9 Å². The Hall–Kier alpha value is 0.230. The highest BCUT2D eigenvalue weighted by Gasteiger charge is 2.50. The number of rotatable bonds is 4. The van der Waals surface area contributed by atoms with E-state index in [-0.39, 0.29) is 5.54 Å². The lowest BCUT2D eigenvalue weighted by Crippen LogP contribution is -2.67. The highest BCUT2D eigenvalue weighted by atomic mass is 32.2. The zero-order valence-electron chi connectivity index (χ0n) is 13.8. The Balaban J connectivity index is 2.10. The second-order valence-electron chi connectivity index (χ2n) is 7.20. The summed E-state index contributed by atoms with van der Waals surface area (Å²) in [7, 11) is 2.34. The Morgan fingerprint density at radius 2 is 1.95 bits per heavy atom. The molecule has 118 valence electrons. The fourth-order valence-corrected chi connectivity index (χ4v) is 5.88. The van der Waals surface area contributed by atoms with Crippen LogP contribution in [0, 0.1) is 5.41 Å². The predicted octanol–water partition coefficient (Wildman–Crippen LogP) is 2.26. The van der Waals surface area contributed by atoms with Crippen LogP contribution in [0.15, 0.2) is 0 Å². The van der Waals surface area contributed by atoms with Crippen LogP contribution in [0.1, 0.15) is 40.0 Å². The van der Waals surface area contributed by atoms with Crippen LogP contribution in [-0.2, 0) is 0 Å². The van der Waals surface area contributed by atoms with Crippen molar-refractivity contribution in [3.8, 4) is 0 Å². The van der Waals surface area contributed by atoms with E-state index in [9.17, 15) is 0 Å². The van der Waals surface area contributed by atoms with Crippen molar-refractivity contribution in [1.29, 1.82) is 0 Å². The molecule has 0 amide bonds. The lowest BCUT2D eigenvalue weighted by atomic mass is 9.69. The van der Waals surface area contributed by atoms with Crippen LogP contribution in [0.5, 0.6) is 0 Å². The Labute approximate surface area is 129 Å². The number of thioether (sulfide) groups is 1. The standard InChI is InChI=1S/C16H33N3S/c1-5-19-9-6-14(7-10-19)18(4)16(12-17)13-20-11-8-15(16,2)3/h14H,5-13,17H2,1-4H3. The van der Waals surface area contributed by atoms with Crippen LogP contribution in [-0.4, -0.2) is 66.1 Å². The summed E-state index contributed by atoms with van der Waals surface area (Å²) in [5, 5.41) is 0. The van der Waals surface area contributed by atoms with Gasteiger partial charge >= 0.3 is 0 Å². The maximum absolute atomic E-state index is 6.31. The van der Waals surface area contributed by atoms with Gasteiger partial charge in [0.05, 0.1) is 0 Å². The minimum absolute atomic E-state index is 0.176. The molecule has 2 fully saturated rings. The Kier molecular flexibility index (Phi) is 5.44. The van der Waals surface area contributed by atoms with Gasteiger partial charge in [0.1, 0.15) is 0 Å². The molecule has 2 rings (SSSR count). The molecule has 2 aliphatic heterocycles. The van der Waals surface area contributed by atoms with Gasteiger partial charge in [-0.2, -0.15) is 11.8 Å². The van der Waals surface area contributed by atoms with Gasteiger partial charge in [-0.1, -0.05) is 20.8 Å². The molecule has 0 spiro atoms. The van der Waals surface area contributed by atoms with Crippen LogP contribution < -0.4 is 5.73 Å². The third-order valence-corrected chi connectivity index (χ3v) is 7.21. The van der Waals surface area contributed by atoms with E-state index in [0.29, 0.717) is 11.5 Å². The third kappa shape index (κ3) is 2.90. The number of nitrogens with zero attached hydrogens (tertiary/aromatic N) is 2. The predicted molar refractivity (Wildman–Crippen MR) is 90.4 cm³/mol. The first kappa shape index (κ1) is 16.6. The second kappa shape index (κ2) is 6.55. The quantitative estimate of drug-likeness (QED) is 0.863. The van der Waals surface area contributed by atoms with Crippen molar-refractivity contribution in [2.24, 2.45) is 11.1 Å². The Morgan fingerprint density at radius 1 is 1.30 bits per heavy atom. The number of piperidine rings is 1. The van der Waals surface area contributed by atoms with Gasteiger partial charge in [-0.3, -0.25) is 4.90 Å². The molecule has 1 atom stereocenters. The smallest absolute Gasteiger partial charge is 0.0472 e. The molecule has 2 saturated heterocycles. The fourth-order valence-electron chi connectivity index (χ4n) is 4.03. The molecule has 0 aromatic carbocycles. The SMILES string of the molecule is CCN1CCC(N(C)C2(CN)CSCCC2(C)C)CC1. The van der Waals surface area contributed by atoms with Gasteiger partial charge in [0.25, 0.3) is 0 Å². The van der Waals surface area contributed by atoms with E-state index in [2.05, 4.69) is 49.4 Å². The molecule has 0 aromatic rings. The number of nitrogens with two attached hydrogens (primary N) is 1. The summed E-state index contributed by atoms with van der Waals surface area (Å²) in [6.07, 6.45) is 3.88. The second-order valence-corrected chi connectivity index (χ2v) is 8.30. The molecular weight excluding hydrogens is 266 g/mol. The van der Waals surface area contributed by atoms with Gasteiger partial charge in [0.2, 0.25) is 0 Å². The summed E-state index contributed by atoms with van der Waals surface area (Å²) in [6.45, 7) is 11.6. The molecule has 20 heavy (non-hydrogen) atoms. The molecule has 1 unspecified atom stereocenters. The summed E-state index contributed by atoms with van der Waals surface area (Å²) in [5.74, 6) is 2.48. The van der Waals surface area contributed by atoms with Gasteiger partial charge in [0.15, 0.2) is 0 Å². The van der Waals surface area contributed by atoms with Crippen LogP contribution in [0.2, 0.25) is 0 Å². The zero-order valence-corrected chi connectivity index (χ0v) is 14.6. The Bertz CT molecular complexity index is 313. The van der Waals surface area contributed by atoms with E-state index in [1.807, 2.05) is 0 Å². The summed E-state index contributed by atoms with van der Waals surface area (Å²) >= 11 is 2.09. The van der Waals surface area contributed by atoms with Gasteiger partial charge in [-0.15, -0.1) is 0 Å². The molecule has 0 aliphatic carbocycles. The number of likely N-dealkylation sites (tertiary alicyclic amines) is 1. The molecule has 3 nitrogen and oxygen atoms in total. The topological polar surface area (TPSA) is 32.5 Å². The normalized spacial score (nSPS) is 32.7. The monoisotopic (exact) mass is 299 g/mol. The lowest BCUT2D eigenvalue weighted by molar-refractivity contribution is -0.0256. The molecule has 4 heteroatoms. The van der Waals surface area contributed by atoms with E-state index in [1.165, 1.54) is 50.4 Å². The van der Waals surface area contributed by atoms with Crippen LogP contribution in [0.4, 0.5) is 0 Å². The van der Waals surface area contributed by atoms with Gasteiger partial charge < -0.3 is 10.6 Å². The van der Waals surface area contributed by atoms with Gasteiger partial charge in [-0.25, -0.2) is 0 Å². The minimum atomic E-state index is 0.176. The van der Waals surface area contributed by atoms with E-state index in [1.54, 1.807) is 0 Å². The summed E-state index contributed by atoms with van der Waals surface area (Å²) in [4.78, 5) is 5.24. The van der Waals surface area contributed by atoms with Crippen molar-refractivity contribution >= 4 is 11.8 Å². The summed E-state index contributed by atoms with van der Waals surface area (Å²) in [5.41, 5.74) is 6.81. The summed E-state index contributed by atoms with van der Waals surface area (Å²) < 4.78 is 0. The molecular formula is C16H33N3S. The van der Waals surface area contributed by atoms with Crippen molar-refractivity contribution in [1.82, 2.24) is 9.80 Å².